The largest absolute Gasteiger partial charge is 0.405 e. The molecule has 1 aromatic rings. The molecule has 1 fully saturated rings. The summed E-state index contributed by atoms with van der Waals surface area (Å²) in [5.41, 5.74) is -0.212. The van der Waals surface area contributed by atoms with Crippen LogP contribution in [-0.4, -0.2) is 70.5 Å². The highest BCUT2D eigenvalue weighted by Gasteiger charge is 2.43. The summed E-state index contributed by atoms with van der Waals surface area (Å²) in [6.45, 7) is 0.983. The number of nitrogens with zero attached hydrogens (tertiary/aromatic N) is 4. The van der Waals surface area contributed by atoms with Crippen LogP contribution in [0.4, 0.5) is 18.9 Å². The molecule has 2 N–H and O–H groups in total. The Kier molecular flexibility index (Phi) is 8.24. The molecule has 1 aromatic heterocycles. The van der Waals surface area contributed by atoms with E-state index in [4.69, 9.17) is 0 Å². The van der Waals surface area contributed by atoms with Gasteiger partial charge in [-0.1, -0.05) is 0 Å². The third-order valence-corrected chi connectivity index (χ3v) is 3.86. The van der Waals surface area contributed by atoms with Gasteiger partial charge in [0.15, 0.2) is 0 Å². The highest BCUT2D eigenvalue weighted by molar-refractivity contribution is 5.85. The van der Waals surface area contributed by atoms with Gasteiger partial charge in [-0.05, 0) is 0 Å². The summed E-state index contributed by atoms with van der Waals surface area (Å²) in [5.74, 6) is -0.567. The Labute approximate surface area is 153 Å². The van der Waals surface area contributed by atoms with Gasteiger partial charge in [-0.2, -0.15) is 18.3 Å². The first-order chi connectivity index (χ1) is 11.8. The van der Waals surface area contributed by atoms with Crippen LogP contribution in [0.25, 0.3) is 0 Å². The highest BCUT2D eigenvalue weighted by atomic mass is 35.5. The van der Waals surface area contributed by atoms with Gasteiger partial charge in [0, 0.05) is 45.7 Å². The molecule has 0 spiro atoms. The average Bonchev–Trinajstić information content (AvgIpc) is 3.02. The fourth-order valence-corrected chi connectivity index (χ4v) is 2.53. The molecule has 0 bridgehead atoms. The Hall–Kier alpha value is -1.92. The van der Waals surface area contributed by atoms with Crippen LogP contribution in [0, 0.1) is 10.1 Å². The summed E-state index contributed by atoms with van der Waals surface area (Å²) in [6.07, 6.45) is -2.35. The summed E-state index contributed by atoms with van der Waals surface area (Å²) in [6, 6.07) is -1.73. The van der Waals surface area contributed by atoms with Crippen LogP contribution in [0.3, 0.4) is 0 Å². The van der Waals surface area contributed by atoms with Crippen molar-refractivity contribution in [1.82, 2.24) is 25.3 Å². The zero-order valence-electron chi connectivity index (χ0n) is 13.7. The number of aryl methyl sites for hydroxylation is 1. The molecule has 0 aromatic carbocycles. The Bertz CT molecular complexity index is 606. The maximum absolute atomic E-state index is 13.2. The molecule has 9 nitrogen and oxygen atoms in total. The van der Waals surface area contributed by atoms with Gasteiger partial charge in [-0.25, -0.2) is 0 Å². The van der Waals surface area contributed by atoms with Gasteiger partial charge < -0.3 is 10.6 Å². The van der Waals surface area contributed by atoms with Gasteiger partial charge in [0.25, 0.3) is 0 Å². The second kappa shape index (κ2) is 9.69. The fourth-order valence-electron chi connectivity index (χ4n) is 2.53. The first kappa shape index (κ1) is 22.1. The summed E-state index contributed by atoms with van der Waals surface area (Å²) in [5, 5.41) is 19.5. The van der Waals surface area contributed by atoms with Crippen LogP contribution in [-0.2, 0) is 11.3 Å². The Morgan fingerprint density at radius 3 is 2.62 bits per heavy atom. The van der Waals surface area contributed by atoms with Crippen LogP contribution in [0.1, 0.15) is 6.42 Å². The molecular weight excluding hydrogens is 381 g/mol. The SMILES string of the molecule is Cl.O=C(CCn1cc([N+](=O)[O-])cn1)NCC(N1CCNCC1)C(F)(F)F. The molecule has 1 saturated heterocycles. The van der Waals surface area contributed by atoms with Gasteiger partial charge in [0.2, 0.25) is 5.91 Å². The molecule has 0 radical (unpaired) electrons. The molecule has 1 unspecified atom stereocenters. The smallest absolute Gasteiger partial charge is 0.354 e. The van der Waals surface area contributed by atoms with Crippen LogP contribution >= 0.6 is 12.4 Å². The minimum Gasteiger partial charge on any atom is -0.354 e. The standard InChI is InChI=1S/C13H19F3N6O3.ClH/c14-13(15,16)11(20-5-2-17-3-6-20)8-18-12(23)1-4-21-9-10(7-19-21)22(24)25;/h7,9,11,17H,1-6,8H2,(H,18,23);1H. The second-order valence-corrected chi connectivity index (χ2v) is 5.62. The third kappa shape index (κ3) is 6.42. The van der Waals surface area contributed by atoms with Crippen LogP contribution in [0.15, 0.2) is 12.4 Å². The number of carbonyl (C=O) groups is 1. The van der Waals surface area contributed by atoms with E-state index in [0.717, 1.165) is 12.4 Å². The number of rotatable bonds is 7. The highest BCUT2D eigenvalue weighted by Crippen LogP contribution is 2.24. The van der Waals surface area contributed by atoms with Gasteiger partial charge in [0.1, 0.15) is 18.4 Å². The molecule has 1 amide bonds. The van der Waals surface area contributed by atoms with Crippen molar-refractivity contribution in [3.63, 3.8) is 0 Å². The molecule has 26 heavy (non-hydrogen) atoms. The summed E-state index contributed by atoms with van der Waals surface area (Å²) in [7, 11) is 0. The maximum atomic E-state index is 13.2. The summed E-state index contributed by atoms with van der Waals surface area (Å²) in [4.78, 5) is 23.0. The van der Waals surface area contributed by atoms with E-state index in [-0.39, 0.29) is 44.1 Å². The molecule has 0 saturated carbocycles. The van der Waals surface area contributed by atoms with Gasteiger partial charge in [0.05, 0.1) is 4.92 Å². The molecule has 1 aliphatic heterocycles. The Morgan fingerprint density at radius 1 is 1.42 bits per heavy atom. The number of amides is 1. The van der Waals surface area contributed by atoms with Crippen molar-refractivity contribution in [2.24, 2.45) is 0 Å². The van der Waals surface area contributed by atoms with E-state index < -0.39 is 29.6 Å². The van der Waals surface area contributed by atoms with E-state index in [0.29, 0.717) is 13.1 Å². The van der Waals surface area contributed by atoms with Crippen molar-refractivity contribution < 1.29 is 22.9 Å². The third-order valence-electron chi connectivity index (χ3n) is 3.86. The molecule has 148 valence electrons. The van der Waals surface area contributed by atoms with Gasteiger partial charge >= 0.3 is 11.9 Å². The van der Waals surface area contributed by atoms with Crippen LogP contribution in [0.5, 0.6) is 0 Å². The fraction of sp³-hybridized carbons (Fsp3) is 0.692. The van der Waals surface area contributed by atoms with E-state index in [9.17, 15) is 28.1 Å². The quantitative estimate of drug-likeness (QED) is 0.511. The minimum atomic E-state index is -4.44. The molecule has 1 atom stereocenters. The van der Waals surface area contributed by atoms with Crippen molar-refractivity contribution in [3.05, 3.63) is 22.5 Å². The van der Waals surface area contributed by atoms with Crippen molar-refractivity contribution >= 4 is 24.0 Å². The van der Waals surface area contributed by atoms with Gasteiger partial charge in [-0.3, -0.25) is 24.5 Å². The predicted molar refractivity (Wildman–Crippen MR) is 88.0 cm³/mol. The molecule has 2 heterocycles. The van der Waals surface area contributed by atoms with E-state index in [1.165, 1.54) is 9.58 Å². The molecule has 13 heteroatoms. The zero-order valence-corrected chi connectivity index (χ0v) is 14.6. The molecular formula is C13H20ClF3N6O3. The van der Waals surface area contributed by atoms with Crippen LogP contribution in [0.2, 0.25) is 0 Å². The van der Waals surface area contributed by atoms with E-state index >= 15 is 0 Å². The number of piperazine rings is 1. The number of hydrogen-bond donors (Lipinski definition) is 2. The lowest BCUT2D eigenvalue weighted by atomic mass is 10.2. The number of nitro groups is 1. The number of aromatic nitrogens is 2. The normalized spacial score (nSPS) is 16.6. The van der Waals surface area contributed by atoms with Crippen molar-refractivity contribution in [1.29, 1.82) is 0 Å². The summed E-state index contributed by atoms with van der Waals surface area (Å²) >= 11 is 0. The summed E-state index contributed by atoms with van der Waals surface area (Å²) < 4.78 is 40.8. The van der Waals surface area contributed by atoms with Crippen molar-refractivity contribution in [2.75, 3.05) is 32.7 Å². The molecule has 2 rings (SSSR count). The van der Waals surface area contributed by atoms with E-state index in [1.807, 2.05) is 0 Å². The topological polar surface area (TPSA) is 105 Å². The monoisotopic (exact) mass is 400 g/mol. The Balaban J connectivity index is 0.00000338. The first-order valence-electron chi connectivity index (χ1n) is 7.72. The van der Waals surface area contributed by atoms with Crippen molar-refractivity contribution in [3.8, 4) is 0 Å². The zero-order chi connectivity index (χ0) is 18.4. The van der Waals surface area contributed by atoms with E-state index in [1.54, 1.807) is 0 Å². The number of hydrogen-bond acceptors (Lipinski definition) is 6. The van der Waals surface area contributed by atoms with Crippen LogP contribution < -0.4 is 10.6 Å². The minimum absolute atomic E-state index is 0. The maximum Gasteiger partial charge on any atom is 0.405 e. The lowest BCUT2D eigenvalue weighted by molar-refractivity contribution is -0.385. The van der Waals surface area contributed by atoms with Gasteiger partial charge in [-0.15, -0.1) is 12.4 Å². The number of carbonyl (C=O) groups excluding carboxylic acids is 1. The number of nitrogens with one attached hydrogen (secondary N) is 2. The number of halogens is 4. The molecule has 1 aliphatic rings. The first-order valence-corrected chi connectivity index (χ1v) is 7.72. The predicted octanol–water partition coefficient (Wildman–Crippen LogP) is 0.555. The second-order valence-electron chi connectivity index (χ2n) is 5.62. The lowest BCUT2D eigenvalue weighted by Crippen LogP contribution is -2.57. The van der Waals surface area contributed by atoms with Crippen molar-refractivity contribution in [2.45, 2.75) is 25.2 Å². The Morgan fingerprint density at radius 2 is 2.08 bits per heavy atom. The van der Waals surface area contributed by atoms with E-state index in [2.05, 4.69) is 15.7 Å². The lowest BCUT2D eigenvalue weighted by Gasteiger charge is -2.35. The average molecular weight is 401 g/mol. The molecule has 0 aliphatic carbocycles. The number of alkyl halides is 3.